The molecular weight excluding hydrogens is 398 g/mol. The van der Waals surface area contributed by atoms with Crippen molar-refractivity contribution in [2.75, 3.05) is 20.2 Å². The van der Waals surface area contributed by atoms with Gasteiger partial charge in [0.2, 0.25) is 9.84 Å². The molecule has 0 saturated heterocycles. The Kier molecular flexibility index (Phi) is 5.88. The van der Waals surface area contributed by atoms with Crippen LogP contribution >= 0.6 is 12.4 Å². The number of hydrogen-bond acceptors (Lipinski definition) is 5. The van der Waals surface area contributed by atoms with Gasteiger partial charge in [0, 0.05) is 17.3 Å². The number of ether oxygens (including phenoxy) is 1. The number of rotatable bonds is 6. The average Bonchev–Trinajstić information content (AvgIpc) is 3.12. The van der Waals surface area contributed by atoms with Crippen LogP contribution < -0.4 is 10.1 Å². The highest BCUT2D eigenvalue weighted by Gasteiger charge is 2.25. The van der Waals surface area contributed by atoms with E-state index in [2.05, 4.69) is 15.5 Å². The first-order valence-corrected chi connectivity index (χ1v) is 10.1. The van der Waals surface area contributed by atoms with Crippen LogP contribution in [0.5, 0.6) is 5.75 Å². The summed E-state index contributed by atoms with van der Waals surface area (Å²) in [7, 11) is -1.96. The summed E-state index contributed by atoms with van der Waals surface area (Å²) in [6.45, 7) is 1.19. The van der Waals surface area contributed by atoms with Gasteiger partial charge in [0.1, 0.15) is 12.4 Å². The summed E-state index contributed by atoms with van der Waals surface area (Å²) in [5.41, 5.74) is 0.648. The van der Waals surface area contributed by atoms with Gasteiger partial charge >= 0.3 is 0 Å². The molecule has 6 nitrogen and oxygen atoms in total. The Morgan fingerprint density at radius 1 is 1.04 bits per heavy atom. The first kappa shape index (κ1) is 20.1. The molecule has 1 heterocycles. The summed E-state index contributed by atoms with van der Waals surface area (Å²) < 4.78 is 32.4. The average molecular weight is 418 g/mol. The molecule has 0 radical (unpaired) electrons. The van der Waals surface area contributed by atoms with Crippen molar-refractivity contribution in [3.63, 3.8) is 0 Å². The number of sulfone groups is 1. The molecule has 0 spiro atoms. The van der Waals surface area contributed by atoms with Gasteiger partial charge in [0.05, 0.1) is 10.4 Å². The van der Waals surface area contributed by atoms with E-state index in [4.69, 9.17) is 4.74 Å². The smallest absolute Gasteiger partial charge is 0.226 e. The fourth-order valence-electron chi connectivity index (χ4n) is 3.07. The van der Waals surface area contributed by atoms with Crippen molar-refractivity contribution in [3.05, 3.63) is 60.7 Å². The number of nitrogens with one attached hydrogen (secondary N) is 2. The zero-order valence-corrected chi connectivity index (χ0v) is 16.8. The van der Waals surface area contributed by atoms with Gasteiger partial charge in [-0.15, -0.1) is 12.4 Å². The second-order valence-corrected chi connectivity index (χ2v) is 8.00. The monoisotopic (exact) mass is 417 g/mol. The molecular formula is C20H20ClN3O3S. The van der Waals surface area contributed by atoms with Gasteiger partial charge in [0.25, 0.3) is 0 Å². The lowest BCUT2D eigenvalue weighted by Crippen LogP contribution is -2.15. The predicted octanol–water partition coefficient (Wildman–Crippen LogP) is 3.57. The quantitative estimate of drug-likeness (QED) is 0.468. The molecule has 8 heteroatoms. The van der Waals surface area contributed by atoms with E-state index in [0.29, 0.717) is 35.2 Å². The molecule has 0 aliphatic rings. The normalized spacial score (nSPS) is 11.5. The third-order valence-electron chi connectivity index (χ3n) is 4.41. The first-order valence-electron chi connectivity index (χ1n) is 8.59. The van der Waals surface area contributed by atoms with Crippen molar-refractivity contribution in [2.24, 2.45) is 0 Å². The topological polar surface area (TPSA) is 84.1 Å². The minimum absolute atomic E-state index is 0. The van der Waals surface area contributed by atoms with E-state index in [1.54, 1.807) is 30.3 Å². The predicted molar refractivity (Wildman–Crippen MR) is 112 cm³/mol. The molecule has 2 N–H and O–H groups in total. The van der Waals surface area contributed by atoms with Crippen molar-refractivity contribution in [1.82, 2.24) is 15.5 Å². The van der Waals surface area contributed by atoms with Gasteiger partial charge in [-0.1, -0.05) is 36.4 Å². The first-order chi connectivity index (χ1) is 13.1. The lowest BCUT2D eigenvalue weighted by atomic mass is 10.1. The lowest BCUT2D eigenvalue weighted by Gasteiger charge is -2.08. The van der Waals surface area contributed by atoms with Crippen LogP contribution in [0.3, 0.4) is 0 Å². The Morgan fingerprint density at radius 2 is 1.82 bits per heavy atom. The molecule has 4 aromatic rings. The number of halogens is 1. The number of aromatic amines is 1. The lowest BCUT2D eigenvalue weighted by molar-refractivity contribution is 0.319. The van der Waals surface area contributed by atoms with Crippen molar-refractivity contribution >= 4 is 43.9 Å². The number of fused-ring (bicyclic) bond motifs is 2. The summed E-state index contributed by atoms with van der Waals surface area (Å²) in [5.74, 6) is 0.605. The van der Waals surface area contributed by atoms with Crippen LogP contribution in [0.2, 0.25) is 0 Å². The van der Waals surface area contributed by atoms with Crippen LogP contribution in [0.4, 0.5) is 0 Å². The number of benzene rings is 3. The van der Waals surface area contributed by atoms with E-state index in [1.165, 1.54) is 0 Å². The van der Waals surface area contributed by atoms with Gasteiger partial charge in [-0.25, -0.2) is 8.42 Å². The zero-order chi connectivity index (χ0) is 18.9. The molecule has 0 atom stereocenters. The van der Waals surface area contributed by atoms with E-state index in [-0.39, 0.29) is 22.3 Å². The third kappa shape index (κ3) is 3.56. The maximum absolute atomic E-state index is 13.4. The second kappa shape index (κ2) is 8.18. The van der Waals surface area contributed by atoms with Crippen molar-refractivity contribution in [3.8, 4) is 5.75 Å². The molecule has 4 rings (SSSR count). The maximum atomic E-state index is 13.4. The SMILES string of the molecule is CNCCOc1ccc2[nH]nc(S(=O)(=O)c3cccc4ccccc34)c2c1.Cl. The molecule has 28 heavy (non-hydrogen) atoms. The number of H-pyrrole nitrogens is 1. The standard InChI is InChI=1S/C20H19N3O3S.ClH/c1-21-11-12-26-15-9-10-18-17(13-15)20(23-22-18)27(24,25)19-8-4-6-14-5-2-3-7-16(14)19;/h2-10,13,21H,11-12H2,1H3,(H,22,23);1H. The largest absolute Gasteiger partial charge is 0.492 e. The van der Waals surface area contributed by atoms with Crippen LogP contribution in [-0.2, 0) is 9.84 Å². The van der Waals surface area contributed by atoms with Gasteiger partial charge < -0.3 is 10.1 Å². The van der Waals surface area contributed by atoms with E-state index in [0.717, 1.165) is 5.39 Å². The Balaban J connectivity index is 0.00000225. The molecule has 0 aliphatic carbocycles. The van der Waals surface area contributed by atoms with Crippen LogP contribution in [0.1, 0.15) is 0 Å². The summed E-state index contributed by atoms with van der Waals surface area (Å²) in [6.07, 6.45) is 0. The van der Waals surface area contributed by atoms with Crippen LogP contribution in [0, 0.1) is 0 Å². The van der Waals surface area contributed by atoms with Gasteiger partial charge in [-0.3, -0.25) is 5.10 Å². The van der Waals surface area contributed by atoms with Crippen molar-refractivity contribution < 1.29 is 13.2 Å². The molecule has 0 fully saturated rings. The van der Waals surface area contributed by atoms with Gasteiger partial charge in [-0.05, 0) is 36.7 Å². The molecule has 3 aromatic carbocycles. The molecule has 0 amide bonds. The third-order valence-corrected chi connectivity index (χ3v) is 6.17. The van der Waals surface area contributed by atoms with Crippen LogP contribution in [0.15, 0.2) is 70.6 Å². The highest BCUT2D eigenvalue weighted by molar-refractivity contribution is 7.91. The van der Waals surface area contributed by atoms with E-state index in [9.17, 15) is 8.42 Å². The fourth-order valence-corrected chi connectivity index (χ4v) is 4.63. The zero-order valence-electron chi connectivity index (χ0n) is 15.2. The number of likely N-dealkylation sites (N-methyl/N-ethyl adjacent to an activating group) is 1. The highest BCUT2D eigenvalue weighted by atomic mass is 35.5. The van der Waals surface area contributed by atoms with Crippen molar-refractivity contribution in [2.45, 2.75) is 9.92 Å². The minimum Gasteiger partial charge on any atom is -0.492 e. The summed E-state index contributed by atoms with van der Waals surface area (Å²) in [5, 5.41) is 12.0. The maximum Gasteiger partial charge on any atom is 0.226 e. The highest BCUT2D eigenvalue weighted by Crippen LogP contribution is 2.32. The summed E-state index contributed by atoms with van der Waals surface area (Å²) in [4.78, 5) is 0.246. The molecule has 1 aromatic heterocycles. The van der Waals surface area contributed by atoms with Crippen LogP contribution in [-0.4, -0.2) is 38.8 Å². The van der Waals surface area contributed by atoms with E-state index >= 15 is 0 Å². The summed E-state index contributed by atoms with van der Waals surface area (Å²) in [6, 6.07) is 18.0. The molecule has 0 saturated carbocycles. The molecule has 0 unspecified atom stereocenters. The van der Waals surface area contributed by atoms with Crippen LogP contribution in [0.25, 0.3) is 21.7 Å². The fraction of sp³-hybridized carbons (Fsp3) is 0.150. The van der Waals surface area contributed by atoms with Gasteiger partial charge in [-0.2, -0.15) is 5.10 Å². The number of aromatic nitrogens is 2. The molecule has 0 aliphatic heterocycles. The Labute approximate surface area is 169 Å². The summed E-state index contributed by atoms with van der Waals surface area (Å²) >= 11 is 0. The van der Waals surface area contributed by atoms with E-state index < -0.39 is 9.84 Å². The Hall–Kier alpha value is -2.61. The van der Waals surface area contributed by atoms with Gasteiger partial charge in [0.15, 0.2) is 5.03 Å². The number of hydrogen-bond donors (Lipinski definition) is 2. The van der Waals surface area contributed by atoms with Crippen molar-refractivity contribution in [1.29, 1.82) is 0 Å². The number of nitrogens with zero attached hydrogens (tertiary/aromatic N) is 1. The molecule has 146 valence electrons. The van der Waals surface area contributed by atoms with E-state index in [1.807, 2.05) is 37.4 Å². The second-order valence-electron chi connectivity index (χ2n) is 6.17. The Bertz CT molecular complexity index is 1220. The minimum atomic E-state index is -3.80. The molecule has 0 bridgehead atoms. The Morgan fingerprint density at radius 3 is 2.64 bits per heavy atom.